The maximum absolute atomic E-state index is 12.4. The molecule has 21 heavy (non-hydrogen) atoms. The lowest BCUT2D eigenvalue weighted by Crippen LogP contribution is -2.42. The molecule has 2 fully saturated rings. The first-order valence-corrected chi connectivity index (χ1v) is 8.26. The van der Waals surface area contributed by atoms with E-state index in [0.717, 1.165) is 37.2 Å². The second-order valence-electron chi connectivity index (χ2n) is 5.22. The fraction of sp³-hybridized carbons (Fsp3) is 0.611. The van der Waals surface area contributed by atoms with Crippen LogP contribution in [0.1, 0.15) is 40.0 Å². The minimum absolute atomic E-state index is 0.165. The van der Waals surface area contributed by atoms with Crippen molar-refractivity contribution in [3.8, 4) is 0 Å². The molecule has 0 aliphatic carbocycles. The highest BCUT2D eigenvalue weighted by molar-refractivity contribution is 5.99. The summed E-state index contributed by atoms with van der Waals surface area (Å²) < 4.78 is 0. The molecule has 0 bridgehead atoms. The molecule has 0 atom stereocenters. The topological polar surface area (TPSA) is 23.6 Å². The molecule has 0 spiro atoms. The Morgan fingerprint density at radius 3 is 2.38 bits per heavy atom. The highest BCUT2D eigenvalue weighted by atomic mass is 16.2. The number of rotatable bonds is 4. The average Bonchev–Trinajstić information content (AvgIpc) is 3.03. The highest BCUT2D eigenvalue weighted by Crippen LogP contribution is 2.23. The van der Waals surface area contributed by atoms with Gasteiger partial charge in [0.15, 0.2) is 0 Å². The third kappa shape index (κ3) is 4.85. The summed E-state index contributed by atoms with van der Waals surface area (Å²) in [5, 5.41) is 0. The molecule has 2 aliphatic heterocycles. The lowest BCUT2D eigenvalue weighted by Gasteiger charge is -2.31. The Balaban J connectivity index is 0.00000106. The molecular weight excluding hydrogens is 260 g/mol. The van der Waals surface area contributed by atoms with E-state index in [2.05, 4.69) is 11.5 Å². The van der Waals surface area contributed by atoms with Crippen LogP contribution in [0.15, 0.2) is 36.0 Å². The Hall–Kier alpha value is -1.35. The summed E-state index contributed by atoms with van der Waals surface area (Å²) in [4.78, 5) is 16.9. The second-order valence-corrected chi connectivity index (χ2v) is 5.22. The van der Waals surface area contributed by atoms with Crippen molar-refractivity contribution >= 4 is 5.91 Å². The van der Waals surface area contributed by atoms with E-state index in [9.17, 15) is 4.79 Å². The number of hydrogen-bond donors (Lipinski definition) is 0. The molecule has 2 heterocycles. The van der Waals surface area contributed by atoms with Crippen molar-refractivity contribution in [3.63, 3.8) is 0 Å². The molecule has 0 aromatic carbocycles. The molecule has 0 radical (unpaired) electrons. The number of piperidine rings is 1. The normalized spacial score (nSPS) is 23.4. The van der Waals surface area contributed by atoms with E-state index in [0.29, 0.717) is 0 Å². The van der Waals surface area contributed by atoms with Gasteiger partial charge in [-0.3, -0.25) is 4.79 Å². The van der Waals surface area contributed by atoms with Gasteiger partial charge in [-0.2, -0.15) is 0 Å². The Kier molecular flexibility index (Phi) is 8.06. The number of likely N-dealkylation sites (tertiary alicyclic amines) is 2. The molecular formula is C18H30N2O. The van der Waals surface area contributed by atoms with E-state index < -0.39 is 0 Å². The summed E-state index contributed by atoms with van der Waals surface area (Å²) in [6.45, 7) is 14.8. The summed E-state index contributed by atoms with van der Waals surface area (Å²) in [5.41, 5.74) is 1.98. The molecule has 0 N–H and O–H groups in total. The Labute approximate surface area is 130 Å². The minimum atomic E-state index is 0.165. The minimum Gasteiger partial charge on any atom is -0.337 e. The molecule has 0 aromatic heterocycles. The maximum Gasteiger partial charge on any atom is 0.254 e. The van der Waals surface area contributed by atoms with Crippen LogP contribution in [-0.4, -0.2) is 48.4 Å². The third-order valence-corrected chi connectivity index (χ3v) is 4.03. The van der Waals surface area contributed by atoms with Crippen molar-refractivity contribution in [2.75, 3.05) is 32.7 Å². The van der Waals surface area contributed by atoms with Gasteiger partial charge in [-0.15, -0.1) is 0 Å². The number of carbonyl (C=O) groups excluding carboxylic acids is 1. The number of carbonyl (C=O) groups is 1. The summed E-state index contributed by atoms with van der Waals surface area (Å²) in [5.74, 6) is 0.165. The van der Waals surface area contributed by atoms with Crippen molar-refractivity contribution in [2.45, 2.75) is 40.0 Å². The van der Waals surface area contributed by atoms with Gasteiger partial charge in [0, 0.05) is 25.2 Å². The van der Waals surface area contributed by atoms with Crippen LogP contribution in [0.3, 0.4) is 0 Å². The molecule has 2 rings (SSSR count). The van der Waals surface area contributed by atoms with Gasteiger partial charge in [-0.05, 0) is 50.9 Å². The van der Waals surface area contributed by atoms with Crippen molar-refractivity contribution in [1.82, 2.24) is 9.80 Å². The van der Waals surface area contributed by atoms with Crippen LogP contribution in [0.2, 0.25) is 0 Å². The van der Waals surface area contributed by atoms with E-state index in [4.69, 9.17) is 0 Å². The third-order valence-electron chi connectivity index (χ3n) is 4.03. The van der Waals surface area contributed by atoms with E-state index in [1.807, 2.05) is 37.8 Å². The van der Waals surface area contributed by atoms with Crippen LogP contribution in [0.25, 0.3) is 0 Å². The van der Waals surface area contributed by atoms with Gasteiger partial charge in [0.05, 0.1) is 0 Å². The number of hydrogen-bond acceptors (Lipinski definition) is 2. The van der Waals surface area contributed by atoms with Crippen LogP contribution < -0.4 is 0 Å². The Morgan fingerprint density at radius 2 is 1.81 bits per heavy atom. The van der Waals surface area contributed by atoms with Crippen molar-refractivity contribution in [1.29, 1.82) is 0 Å². The summed E-state index contributed by atoms with van der Waals surface area (Å²) >= 11 is 0. The predicted molar refractivity (Wildman–Crippen MR) is 90.3 cm³/mol. The smallest absolute Gasteiger partial charge is 0.254 e. The fourth-order valence-electron chi connectivity index (χ4n) is 2.88. The van der Waals surface area contributed by atoms with Gasteiger partial charge < -0.3 is 9.80 Å². The zero-order valence-corrected chi connectivity index (χ0v) is 13.9. The molecule has 3 heteroatoms. The largest absolute Gasteiger partial charge is 0.337 e. The van der Waals surface area contributed by atoms with Crippen LogP contribution in [0, 0.1) is 0 Å². The van der Waals surface area contributed by atoms with Gasteiger partial charge in [0.1, 0.15) is 0 Å². The zero-order valence-electron chi connectivity index (χ0n) is 13.9. The molecule has 1 amide bonds. The highest BCUT2D eigenvalue weighted by Gasteiger charge is 2.26. The maximum atomic E-state index is 12.4. The van der Waals surface area contributed by atoms with Gasteiger partial charge in [-0.1, -0.05) is 32.6 Å². The molecule has 118 valence electrons. The fourth-order valence-corrected chi connectivity index (χ4v) is 2.88. The molecule has 0 unspecified atom stereocenters. The lowest BCUT2D eigenvalue weighted by atomic mass is 9.96. The molecule has 0 aromatic rings. The summed E-state index contributed by atoms with van der Waals surface area (Å²) in [6, 6.07) is 0. The SMILES string of the molecule is C=C/C=C1/C(=O)N(CCN2CCCC2)CC/C1=C/C.CC. The predicted octanol–water partition coefficient (Wildman–Crippen LogP) is 3.40. The van der Waals surface area contributed by atoms with Crippen LogP contribution in [-0.2, 0) is 4.79 Å². The number of amides is 1. The van der Waals surface area contributed by atoms with Crippen molar-refractivity contribution in [3.05, 3.63) is 36.0 Å². The number of nitrogens with zero attached hydrogens (tertiary/aromatic N) is 2. The second kappa shape index (κ2) is 9.56. The molecule has 2 saturated heterocycles. The van der Waals surface area contributed by atoms with Gasteiger partial charge >= 0.3 is 0 Å². The first-order chi connectivity index (χ1) is 10.3. The number of allylic oxidation sites excluding steroid dienone is 3. The standard InChI is InChI=1S/C16H24N2O.C2H6/c1-3-7-15-14(4-2)8-11-18(16(15)19)13-12-17-9-5-6-10-17;1-2/h3-4,7H,1,5-6,8-13H2,2H3;1-2H3/b14-4-,15-7+;. The molecule has 2 aliphatic rings. The van der Waals surface area contributed by atoms with Crippen molar-refractivity contribution in [2.24, 2.45) is 0 Å². The van der Waals surface area contributed by atoms with Crippen LogP contribution in [0.4, 0.5) is 0 Å². The molecule has 0 saturated carbocycles. The van der Waals surface area contributed by atoms with Gasteiger partial charge in [0.2, 0.25) is 0 Å². The van der Waals surface area contributed by atoms with Crippen LogP contribution in [0.5, 0.6) is 0 Å². The first kappa shape index (κ1) is 17.7. The summed E-state index contributed by atoms with van der Waals surface area (Å²) in [6.07, 6.45) is 9.17. The zero-order chi connectivity index (χ0) is 15.7. The van der Waals surface area contributed by atoms with E-state index in [1.165, 1.54) is 25.9 Å². The summed E-state index contributed by atoms with van der Waals surface area (Å²) in [7, 11) is 0. The quantitative estimate of drug-likeness (QED) is 0.741. The Morgan fingerprint density at radius 1 is 1.14 bits per heavy atom. The average molecular weight is 290 g/mol. The van der Waals surface area contributed by atoms with Crippen molar-refractivity contribution < 1.29 is 4.79 Å². The van der Waals surface area contributed by atoms with E-state index in [1.54, 1.807) is 6.08 Å². The van der Waals surface area contributed by atoms with E-state index >= 15 is 0 Å². The van der Waals surface area contributed by atoms with Gasteiger partial charge in [0.25, 0.3) is 5.91 Å². The van der Waals surface area contributed by atoms with Gasteiger partial charge in [-0.25, -0.2) is 0 Å². The molecule has 3 nitrogen and oxygen atoms in total. The first-order valence-electron chi connectivity index (χ1n) is 8.26. The lowest BCUT2D eigenvalue weighted by molar-refractivity contribution is -0.127. The van der Waals surface area contributed by atoms with Crippen LogP contribution >= 0.6 is 0 Å². The monoisotopic (exact) mass is 290 g/mol. The van der Waals surface area contributed by atoms with E-state index in [-0.39, 0.29) is 5.91 Å². The Bertz CT molecular complexity index is 403.